The Morgan fingerprint density at radius 1 is 1.20 bits per heavy atom. The number of hydrogen-bond acceptors (Lipinski definition) is 3. The second-order valence-electron chi connectivity index (χ2n) is 6.27. The molecule has 0 saturated carbocycles. The fourth-order valence-electron chi connectivity index (χ4n) is 3.06. The van der Waals surface area contributed by atoms with E-state index in [0.29, 0.717) is 13.1 Å². The van der Waals surface area contributed by atoms with Gasteiger partial charge in [-0.2, -0.15) is 13.2 Å². The van der Waals surface area contributed by atoms with Crippen LogP contribution in [0.15, 0.2) is 0 Å². The molecule has 2 unspecified atom stereocenters. The maximum Gasteiger partial charge on any atom is 0.403 e. The number of nitrogens with one attached hydrogen (secondary N) is 1. The molecule has 0 bridgehead atoms. The van der Waals surface area contributed by atoms with Crippen LogP contribution >= 0.6 is 12.4 Å². The first-order valence-electron chi connectivity index (χ1n) is 7.04. The zero-order valence-electron chi connectivity index (χ0n) is 12.2. The Morgan fingerprint density at radius 3 is 2.25 bits per heavy atom. The lowest BCUT2D eigenvalue weighted by Gasteiger charge is -2.41. The van der Waals surface area contributed by atoms with Crippen molar-refractivity contribution in [1.29, 1.82) is 0 Å². The van der Waals surface area contributed by atoms with Gasteiger partial charge in [0.05, 0.1) is 0 Å². The minimum absolute atomic E-state index is 0. The van der Waals surface area contributed by atoms with Crippen molar-refractivity contribution in [3.05, 3.63) is 0 Å². The van der Waals surface area contributed by atoms with Crippen LogP contribution in [0.3, 0.4) is 0 Å². The fourth-order valence-corrected chi connectivity index (χ4v) is 3.06. The van der Waals surface area contributed by atoms with Crippen LogP contribution in [0, 0.1) is 5.41 Å². The highest BCUT2D eigenvalue weighted by Gasteiger charge is 2.41. The van der Waals surface area contributed by atoms with Gasteiger partial charge in [0, 0.05) is 39.3 Å². The lowest BCUT2D eigenvalue weighted by atomic mass is 9.89. The molecule has 7 heteroatoms. The summed E-state index contributed by atoms with van der Waals surface area (Å²) in [5, 5.41) is 3.36. The summed E-state index contributed by atoms with van der Waals surface area (Å²) in [4.78, 5) is 3.86. The molecule has 0 aromatic carbocycles. The molecular formula is C13H25ClF3N3. The third-order valence-electron chi connectivity index (χ3n) is 4.49. The molecule has 2 aliphatic heterocycles. The average Bonchev–Trinajstić information content (AvgIpc) is 2.75. The third-order valence-corrected chi connectivity index (χ3v) is 4.49. The normalized spacial score (nSPS) is 31.1. The van der Waals surface area contributed by atoms with Crippen molar-refractivity contribution in [1.82, 2.24) is 15.1 Å². The van der Waals surface area contributed by atoms with Crippen molar-refractivity contribution in [3.63, 3.8) is 0 Å². The summed E-state index contributed by atoms with van der Waals surface area (Å²) >= 11 is 0. The number of alkyl halides is 3. The summed E-state index contributed by atoms with van der Waals surface area (Å²) in [6.07, 6.45) is -2.95. The van der Waals surface area contributed by atoms with Crippen LogP contribution in [-0.4, -0.2) is 67.8 Å². The Morgan fingerprint density at radius 2 is 1.80 bits per heavy atom. The Hall–Kier alpha value is -0.0400. The first-order chi connectivity index (χ1) is 8.80. The molecule has 1 N–H and O–H groups in total. The number of rotatable bonds is 3. The van der Waals surface area contributed by atoms with Crippen LogP contribution in [0.25, 0.3) is 0 Å². The van der Waals surface area contributed by atoms with E-state index in [1.807, 2.05) is 0 Å². The van der Waals surface area contributed by atoms with Crippen molar-refractivity contribution in [2.45, 2.75) is 32.5 Å². The molecule has 2 saturated heterocycles. The lowest BCUT2D eigenvalue weighted by Crippen LogP contribution is -2.55. The summed E-state index contributed by atoms with van der Waals surface area (Å²) in [6.45, 7) is 9.12. The Balaban J connectivity index is 0.00000200. The van der Waals surface area contributed by atoms with Gasteiger partial charge in [-0.15, -0.1) is 12.4 Å². The zero-order chi connectivity index (χ0) is 14.1. The Labute approximate surface area is 125 Å². The Bertz CT molecular complexity index is 298. The van der Waals surface area contributed by atoms with Crippen LogP contribution in [-0.2, 0) is 0 Å². The van der Waals surface area contributed by atoms with Gasteiger partial charge in [-0.3, -0.25) is 4.90 Å². The smallest absolute Gasteiger partial charge is 0.316 e. The van der Waals surface area contributed by atoms with Gasteiger partial charge in [-0.1, -0.05) is 6.92 Å². The number of halogens is 4. The maximum absolute atomic E-state index is 12.7. The molecule has 0 aromatic heterocycles. The third kappa shape index (κ3) is 4.48. The fraction of sp³-hybridized carbons (Fsp3) is 1.00. The van der Waals surface area contributed by atoms with E-state index in [0.717, 1.165) is 39.1 Å². The van der Waals surface area contributed by atoms with E-state index in [1.54, 1.807) is 4.90 Å². The number of nitrogens with zero attached hydrogens (tertiary/aromatic N) is 2. The lowest BCUT2D eigenvalue weighted by molar-refractivity contribution is -0.182. The average molecular weight is 316 g/mol. The zero-order valence-corrected chi connectivity index (χ0v) is 13.0. The van der Waals surface area contributed by atoms with Gasteiger partial charge < -0.3 is 10.2 Å². The van der Waals surface area contributed by atoms with Gasteiger partial charge >= 0.3 is 6.18 Å². The predicted molar refractivity (Wildman–Crippen MR) is 76.4 cm³/mol. The highest BCUT2D eigenvalue weighted by Crippen LogP contribution is 2.28. The van der Waals surface area contributed by atoms with Crippen molar-refractivity contribution < 1.29 is 13.2 Å². The maximum atomic E-state index is 12.7. The van der Waals surface area contributed by atoms with Gasteiger partial charge in [0.2, 0.25) is 0 Å². The van der Waals surface area contributed by atoms with E-state index in [4.69, 9.17) is 0 Å². The summed E-state index contributed by atoms with van der Waals surface area (Å²) in [5.41, 5.74) is 0.289. The van der Waals surface area contributed by atoms with E-state index in [-0.39, 0.29) is 17.8 Å². The molecule has 3 nitrogen and oxygen atoms in total. The molecule has 2 rings (SSSR count). The molecule has 2 fully saturated rings. The van der Waals surface area contributed by atoms with Crippen LogP contribution in [0.5, 0.6) is 0 Å². The van der Waals surface area contributed by atoms with E-state index in [9.17, 15) is 13.2 Å². The van der Waals surface area contributed by atoms with E-state index >= 15 is 0 Å². The first kappa shape index (κ1) is 18.0. The number of hydrogen-bond donors (Lipinski definition) is 1. The molecule has 2 heterocycles. The topological polar surface area (TPSA) is 18.5 Å². The molecule has 0 aliphatic carbocycles. The minimum Gasteiger partial charge on any atom is -0.316 e. The van der Waals surface area contributed by atoms with Crippen LogP contribution < -0.4 is 5.32 Å². The minimum atomic E-state index is -4.11. The van der Waals surface area contributed by atoms with Crippen LogP contribution in [0.1, 0.15) is 20.3 Å². The van der Waals surface area contributed by atoms with Crippen molar-refractivity contribution in [2.24, 2.45) is 5.41 Å². The summed E-state index contributed by atoms with van der Waals surface area (Å²) in [7, 11) is 0. The standard InChI is InChI=1S/C13H24F3N3.ClH/c1-11(13(14,15)16)19-7-5-18(6-8-19)10-12(2)3-4-17-9-12;/h11,17H,3-10H2,1-2H3;1H. The first-order valence-corrected chi connectivity index (χ1v) is 7.04. The summed E-state index contributed by atoms with van der Waals surface area (Å²) in [6, 6.07) is -1.32. The van der Waals surface area contributed by atoms with E-state index in [2.05, 4.69) is 17.1 Å². The molecule has 120 valence electrons. The highest BCUT2D eigenvalue weighted by molar-refractivity contribution is 5.85. The van der Waals surface area contributed by atoms with Crippen molar-refractivity contribution >= 4 is 12.4 Å². The Kier molecular flexibility index (Phi) is 6.14. The molecule has 2 atom stereocenters. The monoisotopic (exact) mass is 315 g/mol. The van der Waals surface area contributed by atoms with Gasteiger partial charge in [-0.05, 0) is 25.3 Å². The quantitative estimate of drug-likeness (QED) is 0.859. The van der Waals surface area contributed by atoms with E-state index in [1.165, 1.54) is 6.92 Å². The SMILES string of the molecule is CC(N1CCN(CC2(C)CCNC2)CC1)C(F)(F)F.Cl. The number of piperazine rings is 1. The molecular weight excluding hydrogens is 291 g/mol. The molecule has 0 spiro atoms. The van der Waals surface area contributed by atoms with Gasteiger partial charge in [0.15, 0.2) is 0 Å². The predicted octanol–water partition coefficient (Wildman–Crippen LogP) is 1.98. The molecule has 0 amide bonds. The van der Waals surface area contributed by atoms with Gasteiger partial charge in [0.1, 0.15) is 6.04 Å². The summed E-state index contributed by atoms with van der Waals surface area (Å²) < 4.78 is 38.0. The van der Waals surface area contributed by atoms with Gasteiger partial charge in [-0.25, -0.2) is 0 Å². The molecule has 0 radical (unpaired) electrons. The second kappa shape index (κ2) is 6.81. The van der Waals surface area contributed by atoms with Crippen LogP contribution in [0.2, 0.25) is 0 Å². The van der Waals surface area contributed by atoms with Gasteiger partial charge in [0.25, 0.3) is 0 Å². The second-order valence-corrected chi connectivity index (χ2v) is 6.27. The molecule has 20 heavy (non-hydrogen) atoms. The van der Waals surface area contributed by atoms with E-state index < -0.39 is 12.2 Å². The van der Waals surface area contributed by atoms with Crippen LogP contribution in [0.4, 0.5) is 13.2 Å². The molecule has 0 aromatic rings. The van der Waals surface area contributed by atoms with Crippen molar-refractivity contribution in [2.75, 3.05) is 45.8 Å². The largest absolute Gasteiger partial charge is 0.403 e. The summed E-state index contributed by atoms with van der Waals surface area (Å²) in [5.74, 6) is 0. The van der Waals surface area contributed by atoms with Crippen molar-refractivity contribution in [3.8, 4) is 0 Å². The highest BCUT2D eigenvalue weighted by atomic mass is 35.5. The molecule has 2 aliphatic rings.